The van der Waals surface area contributed by atoms with E-state index >= 15 is 0 Å². The van der Waals surface area contributed by atoms with Crippen LogP contribution in [0.3, 0.4) is 0 Å². The number of amides is 1. The van der Waals surface area contributed by atoms with Crippen LogP contribution in [0, 0.1) is 0 Å². The van der Waals surface area contributed by atoms with Crippen LogP contribution in [0.25, 0.3) is 10.2 Å². The molecule has 204 valence electrons. The Balaban J connectivity index is 1.43. The van der Waals surface area contributed by atoms with E-state index in [9.17, 15) is 13.2 Å². The van der Waals surface area contributed by atoms with Gasteiger partial charge in [0.25, 0.3) is 15.9 Å². The molecular weight excluding hydrogens is 532 g/mol. The van der Waals surface area contributed by atoms with E-state index in [4.69, 9.17) is 9.72 Å². The van der Waals surface area contributed by atoms with Crippen LogP contribution in [0.15, 0.2) is 71.6 Å². The Labute approximate surface area is 233 Å². The number of para-hydroxylation sites is 1. The lowest BCUT2D eigenvalue weighted by molar-refractivity contribution is 0.0985. The zero-order valence-corrected chi connectivity index (χ0v) is 24.0. The molecule has 1 aliphatic rings. The van der Waals surface area contributed by atoms with Crippen molar-refractivity contribution in [1.29, 1.82) is 0 Å². The van der Waals surface area contributed by atoms with Gasteiger partial charge < -0.3 is 9.64 Å². The van der Waals surface area contributed by atoms with Gasteiger partial charge in [0.05, 0.1) is 27.4 Å². The molecule has 0 saturated heterocycles. The third-order valence-corrected chi connectivity index (χ3v) is 9.53. The van der Waals surface area contributed by atoms with Crippen molar-refractivity contribution in [3.05, 3.63) is 77.9 Å². The standard InChI is InChI=1S/C29H32N4O4S2/c1-4-37-23-13-16-25-27(20-23)38-29(30-25)32(19-18-31(2)3)28(34)22-11-14-24(15-12-22)39(35,36)33-17-7-9-21-8-5-6-10-26(21)33/h5-6,8,10-16,20H,4,7,9,17-19H2,1-3H3. The Morgan fingerprint density at radius 3 is 2.56 bits per heavy atom. The Bertz CT molecular complexity index is 1580. The van der Waals surface area contributed by atoms with Crippen molar-refractivity contribution >= 4 is 48.3 Å². The van der Waals surface area contributed by atoms with E-state index in [0.717, 1.165) is 40.1 Å². The number of rotatable bonds is 9. The second-order valence-corrected chi connectivity index (χ2v) is 12.5. The van der Waals surface area contributed by atoms with E-state index in [1.54, 1.807) is 17.0 Å². The minimum Gasteiger partial charge on any atom is -0.494 e. The molecule has 2 heterocycles. The number of sulfonamides is 1. The molecule has 0 bridgehead atoms. The van der Waals surface area contributed by atoms with Gasteiger partial charge in [-0.15, -0.1) is 0 Å². The molecule has 0 unspecified atom stereocenters. The maximum absolute atomic E-state index is 13.7. The third-order valence-electron chi connectivity index (χ3n) is 6.66. The summed E-state index contributed by atoms with van der Waals surface area (Å²) < 4.78 is 35.1. The van der Waals surface area contributed by atoms with Crippen LogP contribution in [0.2, 0.25) is 0 Å². The van der Waals surface area contributed by atoms with E-state index in [0.29, 0.717) is 36.9 Å². The molecule has 8 nitrogen and oxygen atoms in total. The molecule has 0 fully saturated rings. The Hall–Kier alpha value is -3.47. The molecular formula is C29H32N4O4S2. The summed E-state index contributed by atoms with van der Waals surface area (Å²) in [6.07, 6.45) is 1.62. The minimum absolute atomic E-state index is 0.166. The largest absolute Gasteiger partial charge is 0.494 e. The van der Waals surface area contributed by atoms with Gasteiger partial charge in [-0.1, -0.05) is 29.5 Å². The summed E-state index contributed by atoms with van der Waals surface area (Å²) in [7, 11) is 0.146. The van der Waals surface area contributed by atoms with E-state index in [-0.39, 0.29) is 10.8 Å². The number of ether oxygens (including phenoxy) is 1. The molecule has 0 atom stereocenters. The minimum atomic E-state index is -3.76. The summed E-state index contributed by atoms with van der Waals surface area (Å²) in [4.78, 5) is 22.3. The maximum Gasteiger partial charge on any atom is 0.264 e. The lowest BCUT2D eigenvalue weighted by Crippen LogP contribution is -2.37. The number of anilines is 2. The molecule has 0 N–H and O–H groups in total. The molecule has 1 aliphatic heterocycles. The highest BCUT2D eigenvalue weighted by Crippen LogP contribution is 2.34. The predicted molar refractivity (Wildman–Crippen MR) is 157 cm³/mol. The van der Waals surface area contributed by atoms with Crippen molar-refractivity contribution < 1.29 is 17.9 Å². The molecule has 0 spiro atoms. The fourth-order valence-electron chi connectivity index (χ4n) is 4.65. The number of hydrogen-bond acceptors (Lipinski definition) is 7. The number of benzene rings is 3. The number of nitrogens with zero attached hydrogens (tertiary/aromatic N) is 4. The number of likely N-dealkylation sites (N-methyl/N-ethyl adjacent to an activating group) is 1. The topological polar surface area (TPSA) is 83.0 Å². The van der Waals surface area contributed by atoms with Gasteiger partial charge in [-0.25, -0.2) is 13.4 Å². The van der Waals surface area contributed by atoms with Crippen molar-refractivity contribution in [1.82, 2.24) is 9.88 Å². The van der Waals surface area contributed by atoms with Crippen molar-refractivity contribution in [2.45, 2.75) is 24.7 Å². The third kappa shape index (κ3) is 5.63. The monoisotopic (exact) mass is 564 g/mol. The molecule has 0 radical (unpaired) electrons. The molecule has 0 saturated carbocycles. The van der Waals surface area contributed by atoms with Gasteiger partial charge in [0, 0.05) is 25.2 Å². The van der Waals surface area contributed by atoms with E-state index < -0.39 is 10.0 Å². The molecule has 0 aliphatic carbocycles. The SMILES string of the molecule is CCOc1ccc2nc(N(CCN(C)C)C(=O)c3ccc(S(=O)(=O)N4CCCc5ccccc54)cc3)sc2c1. The summed E-state index contributed by atoms with van der Waals surface area (Å²) >= 11 is 1.43. The summed E-state index contributed by atoms with van der Waals surface area (Å²) in [6.45, 7) is 4.02. The van der Waals surface area contributed by atoms with Crippen molar-refractivity contribution in [2.24, 2.45) is 0 Å². The van der Waals surface area contributed by atoms with Gasteiger partial charge in [0.2, 0.25) is 0 Å². The first kappa shape index (κ1) is 27.1. The lowest BCUT2D eigenvalue weighted by Gasteiger charge is -2.30. The lowest BCUT2D eigenvalue weighted by atomic mass is 10.0. The van der Waals surface area contributed by atoms with Crippen LogP contribution >= 0.6 is 11.3 Å². The van der Waals surface area contributed by atoms with Crippen LogP contribution in [0.1, 0.15) is 29.3 Å². The van der Waals surface area contributed by atoms with Gasteiger partial charge in [-0.2, -0.15) is 0 Å². The number of carbonyl (C=O) groups excluding carboxylic acids is 1. The molecule has 10 heteroatoms. The molecule has 1 amide bonds. The van der Waals surface area contributed by atoms with Crippen LogP contribution < -0.4 is 13.9 Å². The quantitative estimate of drug-likeness (QED) is 0.283. The van der Waals surface area contributed by atoms with Crippen molar-refractivity contribution in [2.75, 3.05) is 49.5 Å². The summed E-state index contributed by atoms with van der Waals surface area (Å²) in [6, 6.07) is 19.6. The van der Waals surface area contributed by atoms with Crippen LogP contribution in [-0.2, 0) is 16.4 Å². The van der Waals surface area contributed by atoms with E-state index in [2.05, 4.69) is 0 Å². The van der Waals surface area contributed by atoms with Gasteiger partial charge >= 0.3 is 0 Å². The smallest absolute Gasteiger partial charge is 0.264 e. The van der Waals surface area contributed by atoms with Gasteiger partial charge in [-0.05, 0) is 88.0 Å². The second kappa shape index (κ2) is 11.3. The number of hydrogen-bond donors (Lipinski definition) is 0. The van der Waals surface area contributed by atoms with Gasteiger partial charge in [-0.3, -0.25) is 14.0 Å². The van der Waals surface area contributed by atoms with Crippen molar-refractivity contribution in [3.8, 4) is 5.75 Å². The number of thiazole rings is 1. The van der Waals surface area contributed by atoms with Gasteiger partial charge in [0.1, 0.15) is 5.75 Å². The summed E-state index contributed by atoms with van der Waals surface area (Å²) in [5.74, 6) is 0.535. The highest BCUT2D eigenvalue weighted by molar-refractivity contribution is 7.92. The maximum atomic E-state index is 13.7. The molecule has 1 aromatic heterocycles. The van der Waals surface area contributed by atoms with Crippen LogP contribution in [0.5, 0.6) is 5.75 Å². The first-order chi connectivity index (χ1) is 18.8. The zero-order valence-electron chi connectivity index (χ0n) is 22.3. The average Bonchev–Trinajstić information content (AvgIpc) is 3.36. The highest BCUT2D eigenvalue weighted by Gasteiger charge is 2.29. The number of fused-ring (bicyclic) bond motifs is 2. The number of aryl methyl sites for hydroxylation is 1. The van der Waals surface area contributed by atoms with Gasteiger partial charge in [0.15, 0.2) is 5.13 Å². The fourth-order valence-corrected chi connectivity index (χ4v) is 7.21. The van der Waals surface area contributed by atoms with Crippen LogP contribution in [-0.4, -0.2) is 64.5 Å². The summed E-state index contributed by atoms with van der Waals surface area (Å²) in [5, 5.41) is 0.590. The first-order valence-electron chi connectivity index (χ1n) is 13.0. The zero-order chi connectivity index (χ0) is 27.6. The molecule has 3 aromatic carbocycles. The number of aromatic nitrogens is 1. The Morgan fingerprint density at radius 2 is 1.82 bits per heavy atom. The first-order valence-corrected chi connectivity index (χ1v) is 15.2. The van der Waals surface area contributed by atoms with Crippen molar-refractivity contribution in [3.63, 3.8) is 0 Å². The summed E-state index contributed by atoms with van der Waals surface area (Å²) in [5.41, 5.74) is 2.95. The molecule has 39 heavy (non-hydrogen) atoms. The van der Waals surface area contributed by atoms with E-state index in [1.807, 2.05) is 68.4 Å². The normalized spacial score (nSPS) is 13.5. The second-order valence-electron chi connectivity index (χ2n) is 9.65. The number of carbonyl (C=O) groups is 1. The Morgan fingerprint density at radius 1 is 1.05 bits per heavy atom. The van der Waals surface area contributed by atoms with Crippen LogP contribution in [0.4, 0.5) is 10.8 Å². The van der Waals surface area contributed by atoms with E-state index in [1.165, 1.54) is 27.8 Å². The fraction of sp³-hybridized carbons (Fsp3) is 0.310. The molecule has 4 aromatic rings. The average molecular weight is 565 g/mol. The predicted octanol–water partition coefficient (Wildman–Crippen LogP) is 5.04. The molecule has 5 rings (SSSR count). The Kier molecular flexibility index (Phi) is 7.88. The highest BCUT2D eigenvalue weighted by atomic mass is 32.2.